The summed E-state index contributed by atoms with van der Waals surface area (Å²) in [5.41, 5.74) is 2.54. The van der Waals surface area contributed by atoms with Gasteiger partial charge in [-0.3, -0.25) is 0 Å². The summed E-state index contributed by atoms with van der Waals surface area (Å²) in [6.07, 6.45) is 5.23. The van der Waals surface area contributed by atoms with Crippen LogP contribution in [0.25, 0.3) is 0 Å². The fourth-order valence-electron chi connectivity index (χ4n) is 3.55. The topological polar surface area (TPSA) is 6.48 Å². The van der Waals surface area contributed by atoms with Gasteiger partial charge in [0.05, 0.1) is 0 Å². The van der Waals surface area contributed by atoms with Crippen molar-refractivity contribution in [1.29, 1.82) is 0 Å². The summed E-state index contributed by atoms with van der Waals surface area (Å²) in [7, 11) is 0. The highest BCUT2D eigenvalue weighted by atomic mass is 79.9. The van der Waals surface area contributed by atoms with Crippen LogP contribution < -0.4 is 4.90 Å². The van der Waals surface area contributed by atoms with Crippen molar-refractivity contribution in [2.24, 2.45) is 0 Å². The highest BCUT2D eigenvalue weighted by Gasteiger charge is 2.19. The quantitative estimate of drug-likeness (QED) is 0.550. The minimum atomic E-state index is 0.779. The van der Waals surface area contributed by atoms with E-state index in [1.807, 2.05) is 0 Å². The van der Waals surface area contributed by atoms with Gasteiger partial charge in [-0.15, -0.1) is 0 Å². The van der Waals surface area contributed by atoms with Crippen molar-refractivity contribution in [2.45, 2.75) is 38.6 Å². The van der Waals surface area contributed by atoms with E-state index in [-0.39, 0.29) is 0 Å². The number of hydrogen-bond donors (Lipinski definition) is 0. The Hall–Kier alpha value is -1.32. The van der Waals surface area contributed by atoms with E-state index in [4.69, 9.17) is 0 Å². The van der Waals surface area contributed by atoms with Gasteiger partial charge in [-0.25, -0.2) is 0 Å². The Morgan fingerprint density at radius 2 is 1.71 bits per heavy atom. The van der Waals surface area contributed by atoms with Crippen molar-refractivity contribution in [3.05, 3.63) is 59.1 Å². The van der Waals surface area contributed by atoms with Crippen LogP contribution in [0.2, 0.25) is 0 Å². The number of halogens is 1. The zero-order chi connectivity index (χ0) is 16.8. The summed E-state index contributed by atoms with van der Waals surface area (Å²) < 4.78 is 1.13. The summed E-state index contributed by atoms with van der Waals surface area (Å²) >= 11 is 3.53. The van der Waals surface area contributed by atoms with Crippen LogP contribution in [0.15, 0.2) is 59.1 Å². The molecule has 1 fully saturated rings. The molecule has 3 heteroatoms. The van der Waals surface area contributed by atoms with Crippen molar-refractivity contribution in [3.63, 3.8) is 0 Å². The first-order valence-corrected chi connectivity index (χ1v) is 9.85. The predicted octanol–water partition coefficient (Wildman–Crippen LogP) is 5.85. The third-order valence-corrected chi connectivity index (χ3v) is 5.50. The third kappa shape index (κ3) is 4.61. The Kier molecular flexibility index (Phi) is 6.33. The van der Waals surface area contributed by atoms with E-state index in [1.54, 1.807) is 0 Å². The van der Waals surface area contributed by atoms with Gasteiger partial charge in [0.15, 0.2) is 0 Å². The second-order valence-corrected chi connectivity index (χ2v) is 7.61. The average Bonchev–Trinajstić information content (AvgIpc) is 3.02. The van der Waals surface area contributed by atoms with E-state index >= 15 is 0 Å². The molecule has 2 aromatic rings. The second kappa shape index (κ2) is 8.68. The number of rotatable bonds is 7. The molecule has 0 saturated carbocycles. The summed E-state index contributed by atoms with van der Waals surface area (Å²) in [6, 6.07) is 20.1. The van der Waals surface area contributed by atoms with Gasteiger partial charge in [-0.1, -0.05) is 34.1 Å². The van der Waals surface area contributed by atoms with Crippen LogP contribution in [0.4, 0.5) is 11.4 Å². The number of nitrogens with zero attached hydrogens (tertiary/aromatic N) is 2. The summed E-state index contributed by atoms with van der Waals surface area (Å²) in [4.78, 5) is 5.08. The Morgan fingerprint density at radius 1 is 1.00 bits per heavy atom. The van der Waals surface area contributed by atoms with E-state index in [0.717, 1.165) is 17.1 Å². The monoisotopic (exact) mass is 386 g/mol. The fraction of sp³-hybridized carbons (Fsp3) is 0.429. The first-order chi connectivity index (χ1) is 11.7. The molecule has 0 aliphatic carbocycles. The van der Waals surface area contributed by atoms with Crippen LogP contribution in [0.5, 0.6) is 0 Å². The van der Waals surface area contributed by atoms with Crippen LogP contribution in [0, 0.1) is 0 Å². The average molecular weight is 387 g/mol. The molecule has 0 amide bonds. The molecule has 1 atom stereocenters. The van der Waals surface area contributed by atoms with Gasteiger partial charge in [-0.2, -0.15) is 0 Å². The van der Waals surface area contributed by atoms with Gasteiger partial charge < -0.3 is 9.80 Å². The van der Waals surface area contributed by atoms with Gasteiger partial charge in [0.25, 0.3) is 0 Å². The number of unbranched alkanes of at least 4 members (excludes halogenated alkanes) is 1. The van der Waals surface area contributed by atoms with Gasteiger partial charge >= 0.3 is 0 Å². The number of para-hydroxylation sites is 1. The van der Waals surface area contributed by atoms with Gasteiger partial charge in [0.1, 0.15) is 0 Å². The van der Waals surface area contributed by atoms with E-state index in [2.05, 4.69) is 87.3 Å². The van der Waals surface area contributed by atoms with Crippen LogP contribution in [0.1, 0.15) is 32.6 Å². The Labute approximate surface area is 154 Å². The number of benzene rings is 2. The number of likely N-dealkylation sites (tertiary alicyclic amines) is 1. The standard InChI is InChI=1S/C21H27BrN2/c1-18-8-7-16-23(18)15-5-6-17-24(20-9-3-2-4-10-20)21-13-11-19(22)12-14-21/h2-4,9-14,18H,5-8,15-17H2,1H3/t18-/m1/s1. The molecule has 0 bridgehead atoms. The molecule has 24 heavy (non-hydrogen) atoms. The third-order valence-electron chi connectivity index (χ3n) is 4.97. The normalized spacial score (nSPS) is 18.0. The molecule has 1 saturated heterocycles. The van der Waals surface area contributed by atoms with Crippen LogP contribution in [-0.2, 0) is 0 Å². The molecule has 2 nitrogen and oxygen atoms in total. The molecule has 1 aliphatic rings. The van der Waals surface area contributed by atoms with Crippen LogP contribution in [-0.4, -0.2) is 30.6 Å². The smallest absolute Gasteiger partial charge is 0.0411 e. The van der Waals surface area contributed by atoms with Crippen molar-refractivity contribution >= 4 is 27.3 Å². The van der Waals surface area contributed by atoms with E-state index in [9.17, 15) is 0 Å². The van der Waals surface area contributed by atoms with Gasteiger partial charge in [-0.05, 0) is 82.1 Å². The highest BCUT2D eigenvalue weighted by molar-refractivity contribution is 9.10. The molecule has 0 N–H and O–H groups in total. The lowest BCUT2D eigenvalue weighted by Gasteiger charge is -2.26. The minimum absolute atomic E-state index is 0.779. The first-order valence-electron chi connectivity index (χ1n) is 9.06. The summed E-state index contributed by atoms with van der Waals surface area (Å²) in [5.74, 6) is 0. The predicted molar refractivity (Wildman–Crippen MR) is 107 cm³/mol. The zero-order valence-corrected chi connectivity index (χ0v) is 16.1. The Balaban J connectivity index is 1.61. The molecular formula is C21H27BrN2. The lowest BCUT2D eigenvalue weighted by molar-refractivity contribution is 0.264. The Morgan fingerprint density at radius 3 is 2.38 bits per heavy atom. The molecule has 0 unspecified atom stereocenters. The fourth-order valence-corrected chi connectivity index (χ4v) is 3.81. The molecule has 1 aliphatic heterocycles. The largest absolute Gasteiger partial charge is 0.341 e. The van der Waals surface area contributed by atoms with E-state index < -0.39 is 0 Å². The molecule has 0 radical (unpaired) electrons. The Bertz CT molecular complexity index is 611. The van der Waals surface area contributed by atoms with Crippen LogP contribution >= 0.6 is 15.9 Å². The van der Waals surface area contributed by atoms with Crippen molar-refractivity contribution < 1.29 is 0 Å². The second-order valence-electron chi connectivity index (χ2n) is 6.70. The summed E-state index contributed by atoms with van der Waals surface area (Å²) in [6.45, 7) is 5.96. The van der Waals surface area contributed by atoms with Crippen molar-refractivity contribution in [3.8, 4) is 0 Å². The maximum absolute atomic E-state index is 3.53. The molecule has 1 heterocycles. The van der Waals surface area contributed by atoms with Crippen molar-refractivity contribution in [2.75, 3.05) is 24.5 Å². The maximum atomic E-state index is 3.53. The minimum Gasteiger partial charge on any atom is -0.341 e. The maximum Gasteiger partial charge on any atom is 0.0411 e. The highest BCUT2D eigenvalue weighted by Crippen LogP contribution is 2.27. The molecule has 2 aromatic carbocycles. The zero-order valence-electron chi connectivity index (χ0n) is 14.5. The molecule has 0 aromatic heterocycles. The lowest BCUT2D eigenvalue weighted by Crippen LogP contribution is -2.28. The van der Waals surface area contributed by atoms with Crippen LogP contribution in [0.3, 0.4) is 0 Å². The van der Waals surface area contributed by atoms with Gasteiger partial charge in [0, 0.05) is 28.4 Å². The molecule has 3 rings (SSSR count). The van der Waals surface area contributed by atoms with E-state index in [1.165, 1.54) is 50.1 Å². The lowest BCUT2D eigenvalue weighted by atomic mass is 10.2. The number of anilines is 2. The first kappa shape index (κ1) is 17.5. The SMILES string of the molecule is C[C@@H]1CCCN1CCCCN(c1ccccc1)c1ccc(Br)cc1. The summed E-state index contributed by atoms with van der Waals surface area (Å²) in [5, 5.41) is 0. The molecule has 0 spiro atoms. The van der Waals surface area contributed by atoms with Crippen molar-refractivity contribution in [1.82, 2.24) is 4.90 Å². The molecular weight excluding hydrogens is 360 g/mol. The molecule has 128 valence electrons. The van der Waals surface area contributed by atoms with Gasteiger partial charge in [0.2, 0.25) is 0 Å². The number of hydrogen-bond acceptors (Lipinski definition) is 2. The van der Waals surface area contributed by atoms with E-state index in [0.29, 0.717) is 0 Å².